The minimum Gasteiger partial charge on any atom is -0.318 e. The summed E-state index contributed by atoms with van der Waals surface area (Å²) in [6.45, 7) is 1.82. The van der Waals surface area contributed by atoms with Gasteiger partial charge in [-0.15, -0.1) is 0 Å². The van der Waals surface area contributed by atoms with Crippen LogP contribution in [0.2, 0.25) is 0 Å². The largest absolute Gasteiger partial charge is 0.318 e. The number of aromatic nitrogens is 3. The van der Waals surface area contributed by atoms with Crippen LogP contribution in [-0.2, 0) is 14.1 Å². The van der Waals surface area contributed by atoms with Crippen LogP contribution < -0.4 is 11.3 Å². The molecule has 0 aromatic carbocycles. The first-order valence-corrected chi connectivity index (χ1v) is 5.42. The fourth-order valence-electron chi connectivity index (χ4n) is 1.88. The number of nitrogens with zero attached hydrogens (tertiary/aromatic N) is 3. The van der Waals surface area contributed by atoms with Crippen molar-refractivity contribution < 1.29 is 4.79 Å². The molecule has 3 N–H and O–H groups in total. The minimum absolute atomic E-state index is 0.350. The van der Waals surface area contributed by atoms with Crippen molar-refractivity contribution in [3.05, 3.63) is 22.1 Å². The molecule has 0 spiro atoms. The molecule has 0 atom stereocenters. The SMILES string of the molecule is Cc1cc(C(=O)NN)c2c(n1)n(C)c(=S)n2C. The van der Waals surface area contributed by atoms with E-state index in [1.54, 1.807) is 22.2 Å². The maximum Gasteiger partial charge on any atom is 0.267 e. The lowest BCUT2D eigenvalue weighted by atomic mass is 10.2. The van der Waals surface area contributed by atoms with Crippen molar-refractivity contribution in [3.63, 3.8) is 0 Å². The van der Waals surface area contributed by atoms with E-state index >= 15 is 0 Å². The number of nitrogens with two attached hydrogens (primary N) is 1. The molecule has 1 amide bonds. The Labute approximate surface area is 103 Å². The first kappa shape index (κ1) is 11.7. The van der Waals surface area contributed by atoms with E-state index in [4.69, 9.17) is 18.1 Å². The van der Waals surface area contributed by atoms with Gasteiger partial charge in [0.1, 0.15) is 0 Å². The summed E-state index contributed by atoms with van der Waals surface area (Å²) in [5.74, 6) is 4.83. The Hall–Kier alpha value is -1.73. The van der Waals surface area contributed by atoms with Crippen molar-refractivity contribution >= 4 is 29.3 Å². The van der Waals surface area contributed by atoms with Gasteiger partial charge in [-0.1, -0.05) is 0 Å². The van der Waals surface area contributed by atoms with Gasteiger partial charge in [-0.05, 0) is 25.2 Å². The number of rotatable bonds is 1. The third-order valence-corrected chi connectivity index (χ3v) is 3.25. The van der Waals surface area contributed by atoms with Crippen LogP contribution >= 0.6 is 12.2 Å². The second-order valence-electron chi connectivity index (χ2n) is 3.86. The summed E-state index contributed by atoms with van der Waals surface area (Å²) in [6.07, 6.45) is 0. The second kappa shape index (κ2) is 3.94. The highest BCUT2D eigenvalue weighted by Gasteiger charge is 2.16. The smallest absolute Gasteiger partial charge is 0.267 e. The van der Waals surface area contributed by atoms with Crippen LogP contribution in [0, 0.1) is 11.7 Å². The Bertz CT molecular complexity index is 669. The summed E-state index contributed by atoms with van der Waals surface area (Å²) in [5.41, 5.74) is 4.72. The van der Waals surface area contributed by atoms with Crippen LogP contribution in [0.4, 0.5) is 0 Å². The highest BCUT2D eigenvalue weighted by Crippen LogP contribution is 2.19. The predicted molar refractivity (Wildman–Crippen MR) is 66.9 cm³/mol. The Morgan fingerprint density at radius 1 is 1.47 bits per heavy atom. The molecule has 2 rings (SSSR count). The van der Waals surface area contributed by atoms with Crippen LogP contribution in [0.25, 0.3) is 11.2 Å². The summed E-state index contributed by atoms with van der Waals surface area (Å²) in [5, 5.41) is 0. The maximum absolute atomic E-state index is 11.7. The molecule has 0 saturated carbocycles. The van der Waals surface area contributed by atoms with E-state index in [1.165, 1.54) is 0 Å². The summed E-state index contributed by atoms with van der Waals surface area (Å²) in [6, 6.07) is 1.69. The van der Waals surface area contributed by atoms with Gasteiger partial charge in [-0.2, -0.15) is 0 Å². The Morgan fingerprint density at radius 3 is 2.71 bits per heavy atom. The van der Waals surface area contributed by atoms with Crippen molar-refractivity contribution in [3.8, 4) is 0 Å². The van der Waals surface area contributed by atoms with Crippen LogP contribution in [-0.4, -0.2) is 20.0 Å². The first-order chi connectivity index (χ1) is 7.97. The molecule has 0 fully saturated rings. The van der Waals surface area contributed by atoms with Crippen LogP contribution in [0.3, 0.4) is 0 Å². The molecule has 0 saturated heterocycles. The van der Waals surface area contributed by atoms with Gasteiger partial charge < -0.3 is 9.13 Å². The second-order valence-corrected chi connectivity index (χ2v) is 4.22. The number of aryl methyl sites for hydroxylation is 3. The number of imidazole rings is 1. The zero-order valence-corrected chi connectivity index (χ0v) is 10.6. The Morgan fingerprint density at radius 2 is 2.12 bits per heavy atom. The van der Waals surface area contributed by atoms with Crippen molar-refractivity contribution in [2.45, 2.75) is 6.92 Å². The monoisotopic (exact) mass is 251 g/mol. The Kier molecular flexibility index (Phi) is 2.72. The van der Waals surface area contributed by atoms with Gasteiger partial charge in [0.2, 0.25) is 0 Å². The van der Waals surface area contributed by atoms with E-state index in [1.807, 2.05) is 14.0 Å². The van der Waals surface area contributed by atoms with Gasteiger partial charge >= 0.3 is 0 Å². The highest BCUT2D eigenvalue weighted by molar-refractivity contribution is 7.71. The normalized spacial score (nSPS) is 10.8. The third-order valence-electron chi connectivity index (χ3n) is 2.71. The third kappa shape index (κ3) is 1.63. The molecule has 6 nitrogen and oxygen atoms in total. The van der Waals surface area contributed by atoms with E-state index in [-0.39, 0.29) is 5.91 Å². The minimum atomic E-state index is -0.350. The van der Waals surface area contributed by atoms with Gasteiger partial charge in [0, 0.05) is 19.8 Å². The molecule has 2 heterocycles. The molecule has 0 aliphatic heterocycles. The first-order valence-electron chi connectivity index (χ1n) is 5.01. The zero-order valence-electron chi connectivity index (χ0n) is 9.81. The van der Waals surface area contributed by atoms with Crippen LogP contribution in [0.15, 0.2) is 6.07 Å². The standard InChI is InChI=1S/C10H13N5OS/c1-5-4-6(9(16)13-11)7-8(12-5)15(3)10(17)14(7)2/h4H,11H2,1-3H3,(H,13,16). The van der Waals surface area contributed by atoms with Gasteiger partial charge in [-0.3, -0.25) is 10.2 Å². The van der Waals surface area contributed by atoms with Gasteiger partial charge in [-0.25, -0.2) is 10.8 Å². The number of nitrogen functional groups attached to an aromatic ring is 1. The average Bonchev–Trinajstić information content (AvgIpc) is 2.53. The summed E-state index contributed by atoms with van der Waals surface area (Å²) in [7, 11) is 3.62. The van der Waals surface area contributed by atoms with E-state index in [2.05, 4.69) is 10.4 Å². The molecule has 0 bridgehead atoms. The van der Waals surface area contributed by atoms with Crippen molar-refractivity contribution in [1.82, 2.24) is 19.5 Å². The molecular weight excluding hydrogens is 238 g/mol. The van der Waals surface area contributed by atoms with E-state index in [0.29, 0.717) is 21.5 Å². The molecule has 2 aromatic rings. The number of hydrogen-bond donors (Lipinski definition) is 2. The van der Waals surface area contributed by atoms with Crippen LogP contribution in [0.1, 0.15) is 16.1 Å². The average molecular weight is 251 g/mol. The molecule has 0 unspecified atom stereocenters. The number of carbonyl (C=O) groups excluding carboxylic acids is 1. The van der Waals surface area contributed by atoms with E-state index in [0.717, 1.165) is 5.69 Å². The summed E-state index contributed by atoms with van der Waals surface area (Å²) < 4.78 is 4.12. The van der Waals surface area contributed by atoms with E-state index < -0.39 is 0 Å². The fraction of sp³-hybridized carbons (Fsp3) is 0.300. The molecule has 0 radical (unpaired) electrons. The lowest BCUT2D eigenvalue weighted by molar-refractivity contribution is 0.0955. The van der Waals surface area contributed by atoms with Crippen LogP contribution in [0.5, 0.6) is 0 Å². The maximum atomic E-state index is 11.7. The molecular formula is C10H13N5OS. The van der Waals surface area contributed by atoms with Gasteiger partial charge in [0.05, 0.1) is 11.1 Å². The lowest BCUT2D eigenvalue weighted by Gasteiger charge is -2.05. The molecule has 7 heteroatoms. The van der Waals surface area contributed by atoms with Crippen molar-refractivity contribution in [2.24, 2.45) is 19.9 Å². The molecule has 90 valence electrons. The topological polar surface area (TPSA) is 77.9 Å². The molecule has 2 aromatic heterocycles. The number of pyridine rings is 1. The number of hydrogen-bond acceptors (Lipinski definition) is 4. The number of amides is 1. The quantitative estimate of drug-likeness (QED) is 0.336. The number of hydrazine groups is 1. The number of nitrogens with one attached hydrogen (secondary N) is 1. The zero-order chi connectivity index (χ0) is 12.7. The lowest BCUT2D eigenvalue weighted by Crippen LogP contribution is -2.30. The fourth-order valence-corrected chi connectivity index (χ4v) is 2.05. The number of fused-ring (bicyclic) bond motifs is 1. The van der Waals surface area contributed by atoms with Crippen molar-refractivity contribution in [2.75, 3.05) is 0 Å². The summed E-state index contributed by atoms with van der Waals surface area (Å²) in [4.78, 5) is 16.1. The molecule has 0 aliphatic rings. The van der Waals surface area contributed by atoms with E-state index in [9.17, 15) is 4.79 Å². The van der Waals surface area contributed by atoms with Crippen molar-refractivity contribution in [1.29, 1.82) is 0 Å². The Balaban J connectivity index is 2.98. The predicted octanol–water partition coefficient (Wildman–Crippen LogP) is 0.553. The van der Waals surface area contributed by atoms with Gasteiger partial charge in [0.15, 0.2) is 10.4 Å². The van der Waals surface area contributed by atoms with Gasteiger partial charge in [0.25, 0.3) is 5.91 Å². The summed E-state index contributed by atoms with van der Waals surface area (Å²) >= 11 is 5.24. The molecule has 0 aliphatic carbocycles. The number of carbonyl (C=O) groups is 1. The highest BCUT2D eigenvalue weighted by atomic mass is 32.1. The molecule has 17 heavy (non-hydrogen) atoms.